The quantitative estimate of drug-likeness (QED) is 0.282. The first-order valence-corrected chi connectivity index (χ1v) is 13.1. The van der Waals surface area contributed by atoms with Crippen molar-refractivity contribution in [2.75, 3.05) is 13.2 Å². The second-order valence-corrected chi connectivity index (χ2v) is 9.11. The minimum atomic E-state index is -0.795. The summed E-state index contributed by atoms with van der Waals surface area (Å²) in [4.78, 5) is 51.8. The third-order valence-corrected chi connectivity index (χ3v) is 6.41. The minimum Gasteiger partial charge on any atom is -0.463 e. The van der Waals surface area contributed by atoms with E-state index in [1.165, 1.54) is 4.68 Å². The summed E-state index contributed by atoms with van der Waals surface area (Å²) in [7, 11) is 0. The van der Waals surface area contributed by atoms with Crippen molar-refractivity contribution in [3.05, 3.63) is 87.5 Å². The number of hydrogen-bond acceptors (Lipinski definition) is 7. The molecule has 2 amide bonds. The van der Waals surface area contributed by atoms with Crippen LogP contribution in [0.3, 0.4) is 0 Å². The van der Waals surface area contributed by atoms with E-state index in [4.69, 9.17) is 9.47 Å². The standard InChI is InChI=1S/C29H32N4O6/c1-3-5-6-12-17-33-26(34)21-16-11-10-15-20(21)25(32-33)28(36)39-18-22-23(27(35)38-4-2)24(31-29(37)30-22)19-13-8-7-9-14-19/h7-11,13-16,24H,3-6,12,17-18H2,1-2H3,(H2,30,31,37). The van der Waals surface area contributed by atoms with Crippen LogP contribution in [0.1, 0.15) is 61.6 Å². The molecule has 0 saturated carbocycles. The SMILES string of the molecule is CCCCCCn1nc(C(=O)OCC2=C(C(=O)OCC)C(c3ccccc3)NC(=O)N2)c2ccccc2c1=O. The second kappa shape index (κ2) is 12.9. The zero-order chi connectivity index (χ0) is 27.8. The number of esters is 2. The fourth-order valence-electron chi connectivity index (χ4n) is 4.51. The summed E-state index contributed by atoms with van der Waals surface area (Å²) >= 11 is 0. The molecule has 0 bridgehead atoms. The topological polar surface area (TPSA) is 129 Å². The van der Waals surface area contributed by atoms with Gasteiger partial charge < -0.3 is 20.1 Å². The van der Waals surface area contributed by atoms with E-state index in [1.807, 2.05) is 6.07 Å². The van der Waals surface area contributed by atoms with E-state index in [-0.39, 0.29) is 29.1 Å². The third-order valence-electron chi connectivity index (χ3n) is 6.41. The monoisotopic (exact) mass is 532 g/mol. The van der Waals surface area contributed by atoms with Gasteiger partial charge in [-0.1, -0.05) is 74.7 Å². The van der Waals surface area contributed by atoms with Crippen LogP contribution in [0.4, 0.5) is 4.79 Å². The van der Waals surface area contributed by atoms with Crippen LogP contribution in [0.5, 0.6) is 0 Å². The van der Waals surface area contributed by atoms with Crippen molar-refractivity contribution in [1.29, 1.82) is 0 Å². The lowest BCUT2D eigenvalue weighted by Gasteiger charge is -2.29. The van der Waals surface area contributed by atoms with Crippen LogP contribution in [-0.4, -0.2) is 41.0 Å². The molecule has 1 aliphatic rings. The molecule has 10 nitrogen and oxygen atoms in total. The maximum Gasteiger partial charge on any atom is 0.359 e. The lowest BCUT2D eigenvalue weighted by atomic mass is 9.95. The number of carbonyl (C=O) groups excluding carboxylic acids is 3. The largest absolute Gasteiger partial charge is 0.463 e. The van der Waals surface area contributed by atoms with Gasteiger partial charge in [0.2, 0.25) is 0 Å². The van der Waals surface area contributed by atoms with E-state index >= 15 is 0 Å². The highest BCUT2D eigenvalue weighted by Crippen LogP contribution is 2.28. The van der Waals surface area contributed by atoms with Crippen molar-refractivity contribution in [2.45, 2.75) is 52.1 Å². The van der Waals surface area contributed by atoms with Crippen molar-refractivity contribution in [3.63, 3.8) is 0 Å². The van der Waals surface area contributed by atoms with Crippen molar-refractivity contribution in [3.8, 4) is 0 Å². The lowest BCUT2D eigenvalue weighted by Crippen LogP contribution is -2.47. The lowest BCUT2D eigenvalue weighted by molar-refractivity contribution is -0.139. The molecule has 1 atom stereocenters. The molecule has 0 fully saturated rings. The predicted molar refractivity (Wildman–Crippen MR) is 145 cm³/mol. The van der Waals surface area contributed by atoms with Crippen LogP contribution in [0.25, 0.3) is 10.8 Å². The van der Waals surface area contributed by atoms with Crippen molar-refractivity contribution in [2.24, 2.45) is 0 Å². The predicted octanol–water partition coefficient (Wildman–Crippen LogP) is 4.00. The van der Waals surface area contributed by atoms with E-state index in [9.17, 15) is 19.2 Å². The first-order chi connectivity index (χ1) is 18.9. The highest BCUT2D eigenvalue weighted by molar-refractivity contribution is 6.02. The number of nitrogens with one attached hydrogen (secondary N) is 2. The van der Waals surface area contributed by atoms with Gasteiger partial charge in [0, 0.05) is 11.9 Å². The molecule has 1 aromatic heterocycles. The van der Waals surface area contributed by atoms with E-state index in [1.54, 1.807) is 55.5 Å². The van der Waals surface area contributed by atoms with Gasteiger partial charge in [0.05, 0.1) is 29.3 Å². The van der Waals surface area contributed by atoms with Crippen molar-refractivity contribution >= 4 is 28.7 Å². The Kier molecular flexibility index (Phi) is 9.09. The number of nitrogens with zero attached hydrogens (tertiary/aromatic N) is 2. The number of fused-ring (bicyclic) bond motifs is 1. The zero-order valence-corrected chi connectivity index (χ0v) is 22.1. The molecular weight excluding hydrogens is 500 g/mol. The van der Waals surface area contributed by atoms with Crippen LogP contribution in [0.15, 0.2) is 70.7 Å². The molecule has 10 heteroatoms. The van der Waals surface area contributed by atoms with Gasteiger partial charge in [-0.15, -0.1) is 0 Å². The summed E-state index contributed by atoms with van der Waals surface area (Å²) in [5, 5.41) is 10.4. The Balaban J connectivity index is 1.66. The van der Waals surface area contributed by atoms with Gasteiger partial charge in [-0.3, -0.25) is 4.79 Å². The average Bonchev–Trinajstić information content (AvgIpc) is 2.95. The Morgan fingerprint density at radius 1 is 0.897 bits per heavy atom. The average molecular weight is 533 g/mol. The molecule has 204 valence electrons. The van der Waals surface area contributed by atoms with E-state index < -0.39 is 30.6 Å². The number of benzene rings is 2. The van der Waals surface area contributed by atoms with Crippen LogP contribution in [0.2, 0.25) is 0 Å². The van der Waals surface area contributed by atoms with Crippen LogP contribution in [0, 0.1) is 0 Å². The Bertz CT molecular complexity index is 1450. The van der Waals surface area contributed by atoms with Gasteiger partial charge in [-0.05, 0) is 25.0 Å². The van der Waals surface area contributed by atoms with Gasteiger partial charge in [0.15, 0.2) is 5.69 Å². The number of unbranched alkanes of at least 4 members (excludes halogenated alkanes) is 3. The summed E-state index contributed by atoms with van der Waals surface area (Å²) in [5.74, 6) is -1.43. The van der Waals surface area contributed by atoms with E-state index in [0.29, 0.717) is 22.9 Å². The van der Waals surface area contributed by atoms with Crippen LogP contribution in [-0.2, 0) is 20.8 Å². The first kappa shape index (κ1) is 27.6. The molecule has 2 heterocycles. The number of aromatic nitrogens is 2. The van der Waals surface area contributed by atoms with Gasteiger partial charge in [-0.25, -0.2) is 19.1 Å². The molecule has 39 heavy (non-hydrogen) atoms. The fraction of sp³-hybridized carbons (Fsp3) is 0.345. The smallest absolute Gasteiger partial charge is 0.359 e. The molecule has 0 saturated heterocycles. The number of amides is 2. The molecule has 2 aromatic carbocycles. The molecule has 1 aliphatic heterocycles. The van der Waals surface area contributed by atoms with Gasteiger partial charge in [0.25, 0.3) is 5.56 Å². The van der Waals surface area contributed by atoms with Gasteiger partial charge in [-0.2, -0.15) is 5.10 Å². The van der Waals surface area contributed by atoms with Crippen LogP contribution < -0.4 is 16.2 Å². The molecule has 1 unspecified atom stereocenters. The summed E-state index contributed by atoms with van der Waals surface area (Å²) in [6.45, 7) is 3.88. The first-order valence-electron chi connectivity index (χ1n) is 13.1. The maximum absolute atomic E-state index is 13.3. The summed E-state index contributed by atoms with van der Waals surface area (Å²) in [6.07, 6.45) is 3.79. The Morgan fingerprint density at radius 2 is 1.62 bits per heavy atom. The highest BCUT2D eigenvalue weighted by Gasteiger charge is 2.34. The molecule has 2 N–H and O–H groups in total. The second-order valence-electron chi connectivity index (χ2n) is 9.11. The highest BCUT2D eigenvalue weighted by atomic mass is 16.5. The minimum absolute atomic E-state index is 0.0150. The number of aryl methyl sites for hydroxylation is 1. The summed E-state index contributed by atoms with van der Waals surface area (Å²) in [5.41, 5.74) is 0.619. The molecule has 0 radical (unpaired) electrons. The maximum atomic E-state index is 13.3. The third kappa shape index (κ3) is 6.34. The number of urea groups is 1. The number of hydrogen-bond donors (Lipinski definition) is 2. The molecule has 4 rings (SSSR count). The van der Waals surface area contributed by atoms with Crippen molar-refractivity contribution in [1.82, 2.24) is 20.4 Å². The van der Waals surface area contributed by atoms with Crippen LogP contribution >= 0.6 is 0 Å². The Hall–Kier alpha value is -4.47. The molecule has 3 aromatic rings. The summed E-state index contributed by atoms with van der Waals surface area (Å²) < 4.78 is 12.1. The molecular formula is C29H32N4O6. The Morgan fingerprint density at radius 3 is 2.33 bits per heavy atom. The van der Waals surface area contributed by atoms with Gasteiger partial charge >= 0.3 is 18.0 Å². The zero-order valence-electron chi connectivity index (χ0n) is 22.1. The van der Waals surface area contributed by atoms with E-state index in [2.05, 4.69) is 22.7 Å². The summed E-state index contributed by atoms with van der Waals surface area (Å²) in [6, 6.07) is 14.3. The fourth-order valence-corrected chi connectivity index (χ4v) is 4.51. The van der Waals surface area contributed by atoms with E-state index in [0.717, 1.165) is 25.7 Å². The number of ether oxygens (including phenoxy) is 2. The Labute approximate surface area is 226 Å². The molecule has 0 aliphatic carbocycles. The molecule has 0 spiro atoms. The number of rotatable bonds is 11. The van der Waals surface area contributed by atoms with Crippen molar-refractivity contribution < 1.29 is 23.9 Å². The van der Waals surface area contributed by atoms with Gasteiger partial charge in [0.1, 0.15) is 6.61 Å². The normalized spacial score (nSPS) is 15.0. The number of carbonyl (C=O) groups is 3.